The minimum absolute atomic E-state index is 0.0996. The number of fused-ring (bicyclic) bond motifs is 1. The van der Waals surface area contributed by atoms with E-state index >= 15 is 0 Å². The summed E-state index contributed by atoms with van der Waals surface area (Å²) in [5.41, 5.74) is 3.25. The highest BCUT2D eigenvalue weighted by Gasteiger charge is 2.30. The smallest absolute Gasteiger partial charge is 0.241 e. The number of sulfonamides is 1. The van der Waals surface area contributed by atoms with Gasteiger partial charge in [-0.05, 0) is 77.9 Å². The molecule has 0 fully saturated rings. The van der Waals surface area contributed by atoms with Crippen molar-refractivity contribution in [2.45, 2.75) is 49.6 Å². The van der Waals surface area contributed by atoms with Crippen molar-refractivity contribution in [2.75, 3.05) is 4.90 Å². The zero-order valence-electron chi connectivity index (χ0n) is 22.2. The maximum Gasteiger partial charge on any atom is 0.241 e. The molecule has 5 rings (SSSR count). The van der Waals surface area contributed by atoms with Crippen molar-refractivity contribution in [3.8, 4) is 0 Å². The van der Waals surface area contributed by atoms with Gasteiger partial charge in [0.25, 0.3) is 0 Å². The lowest BCUT2D eigenvalue weighted by Gasteiger charge is -2.26. The highest BCUT2D eigenvalue weighted by Crippen LogP contribution is 2.36. The molecule has 0 saturated carbocycles. The number of anilines is 1. The zero-order valence-corrected chi connectivity index (χ0v) is 23.8. The molecule has 1 amide bonds. The zero-order chi connectivity index (χ0) is 28.4. The number of aromatic nitrogens is 2. The van der Waals surface area contributed by atoms with Gasteiger partial charge in [0.05, 0.1) is 11.4 Å². The van der Waals surface area contributed by atoms with E-state index in [1.807, 2.05) is 49.0 Å². The van der Waals surface area contributed by atoms with Gasteiger partial charge in [0.1, 0.15) is 11.6 Å². The summed E-state index contributed by atoms with van der Waals surface area (Å²) in [7, 11) is -1.95. The van der Waals surface area contributed by atoms with Crippen molar-refractivity contribution < 1.29 is 17.6 Å². The summed E-state index contributed by atoms with van der Waals surface area (Å²) in [6.07, 6.45) is 4.97. The molecule has 40 heavy (non-hydrogen) atoms. The number of nitrogens with zero attached hydrogens (tertiary/aromatic N) is 3. The molecule has 7 nitrogen and oxygen atoms in total. The topological polar surface area (TPSA) is 84.3 Å². The molecular weight excluding hydrogens is 551 g/mol. The second kappa shape index (κ2) is 11.5. The maximum absolute atomic E-state index is 13.8. The van der Waals surface area contributed by atoms with Crippen LogP contribution in [-0.2, 0) is 34.8 Å². The average Bonchev–Trinajstić information content (AvgIpc) is 3.51. The van der Waals surface area contributed by atoms with Crippen molar-refractivity contribution >= 4 is 33.2 Å². The Kier molecular flexibility index (Phi) is 8.07. The average molecular weight is 581 g/mol. The number of hydrogen-bond donors (Lipinski definition) is 1. The summed E-state index contributed by atoms with van der Waals surface area (Å²) in [6, 6.07) is 17.7. The summed E-state index contributed by atoms with van der Waals surface area (Å²) in [5.74, 6) is 0.00421. The summed E-state index contributed by atoms with van der Waals surface area (Å²) < 4.78 is 44.8. The summed E-state index contributed by atoms with van der Waals surface area (Å²) in [5, 5.41) is 0.341. The van der Waals surface area contributed by atoms with Gasteiger partial charge in [-0.2, -0.15) is 0 Å². The van der Waals surface area contributed by atoms with Crippen LogP contribution in [0.1, 0.15) is 54.2 Å². The lowest BCUT2D eigenvalue weighted by atomic mass is 9.96. The molecule has 1 aliphatic rings. The van der Waals surface area contributed by atoms with E-state index in [1.54, 1.807) is 29.3 Å². The summed E-state index contributed by atoms with van der Waals surface area (Å²) >= 11 is 6.03. The van der Waals surface area contributed by atoms with Gasteiger partial charge >= 0.3 is 0 Å². The molecule has 0 radical (unpaired) electrons. The van der Waals surface area contributed by atoms with Crippen LogP contribution >= 0.6 is 11.6 Å². The molecule has 0 bridgehead atoms. The molecule has 1 aromatic heterocycles. The van der Waals surface area contributed by atoms with Crippen molar-refractivity contribution in [2.24, 2.45) is 7.05 Å². The van der Waals surface area contributed by atoms with E-state index in [2.05, 4.69) is 9.71 Å². The Morgan fingerprint density at radius 2 is 1.98 bits per heavy atom. The Labute approximate surface area is 238 Å². The van der Waals surface area contributed by atoms with Gasteiger partial charge in [-0.15, -0.1) is 0 Å². The van der Waals surface area contributed by atoms with Gasteiger partial charge in [-0.1, -0.05) is 42.8 Å². The molecule has 0 spiro atoms. The standard InChI is InChI=1S/C30H30ClFN4O3S/c1-20(22-5-3-7-24(32)16-22)15-30(37)36(19-29-33-13-14-35(29)2)25-11-9-21-10-12-28(27(21)18-25)34-40(38,39)26-8-4-6-23(31)17-26/h3-9,11,13-14,16-18,20,28,34H,10,12,15,19H2,1-2H3/t20-,28+/m0/s1. The van der Waals surface area contributed by atoms with Gasteiger partial charge in [-0.3, -0.25) is 4.79 Å². The fourth-order valence-corrected chi connectivity index (χ4v) is 6.64. The lowest BCUT2D eigenvalue weighted by molar-refractivity contribution is -0.119. The minimum atomic E-state index is -3.81. The van der Waals surface area contributed by atoms with Crippen LogP contribution in [0.25, 0.3) is 0 Å². The van der Waals surface area contributed by atoms with Crippen LogP contribution in [0.15, 0.2) is 84.0 Å². The van der Waals surface area contributed by atoms with E-state index in [9.17, 15) is 17.6 Å². The number of carbonyl (C=O) groups is 1. The van der Waals surface area contributed by atoms with Gasteiger partial charge < -0.3 is 9.47 Å². The molecular formula is C30H30ClFN4O3S. The van der Waals surface area contributed by atoms with Crippen molar-refractivity contribution in [3.05, 3.63) is 112 Å². The number of nitrogens with one attached hydrogen (secondary N) is 1. The van der Waals surface area contributed by atoms with Gasteiger partial charge in [0.15, 0.2) is 0 Å². The predicted octanol–water partition coefficient (Wildman–Crippen LogP) is 5.91. The number of imidazole rings is 1. The van der Waals surface area contributed by atoms with E-state index in [-0.39, 0.29) is 35.5 Å². The first kappa shape index (κ1) is 28.0. The van der Waals surface area contributed by atoms with E-state index < -0.39 is 16.1 Å². The number of aryl methyl sites for hydroxylation is 2. The number of hydrogen-bond acceptors (Lipinski definition) is 4. The number of carbonyl (C=O) groups excluding carboxylic acids is 1. The van der Waals surface area contributed by atoms with Crippen LogP contribution in [0.5, 0.6) is 0 Å². The molecule has 1 aliphatic carbocycles. The van der Waals surface area contributed by atoms with E-state index in [0.717, 1.165) is 16.7 Å². The van der Waals surface area contributed by atoms with Crippen molar-refractivity contribution in [1.82, 2.24) is 14.3 Å². The normalized spacial score (nSPS) is 15.6. The molecule has 208 valence electrons. The predicted molar refractivity (Wildman–Crippen MR) is 153 cm³/mol. The molecule has 0 aliphatic heterocycles. The van der Waals surface area contributed by atoms with Crippen LogP contribution in [-0.4, -0.2) is 23.9 Å². The fraction of sp³-hybridized carbons (Fsp3) is 0.267. The first-order valence-corrected chi connectivity index (χ1v) is 14.9. The molecule has 2 atom stereocenters. The SMILES string of the molecule is C[C@@H](CC(=O)N(Cc1nccn1C)c1ccc2c(c1)[C@H](NS(=O)(=O)c1cccc(Cl)c1)CC2)c1cccc(F)c1. The lowest BCUT2D eigenvalue weighted by Crippen LogP contribution is -2.32. The van der Waals surface area contributed by atoms with Gasteiger partial charge in [0, 0.05) is 42.6 Å². The largest absolute Gasteiger partial charge is 0.337 e. The highest BCUT2D eigenvalue weighted by molar-refractivity contribution is 7.89. The third-order valence-electron chi connectivity index (χ3n) is 7.34. The third-order valence-corrected chi connectivity index (χ3v) is 9.05. The van der Waals surface area contributed by atoms with Gasteiger partial charge in [-0.25, -0.2) is 22.5 Å². The Bertz CT molecular complexity index is 1660. The van der Waals surface area contributed by atoms with Crippen molar-refractivity contribution in [1.29, 1.82) is 0 Å². The minimum Gasteiger partial charge on any atom is -0.337 e. The number of rotatable bonds is 9. The Morgan fingerprint density at radius 3 is 2.70 bits per heavy atom. The second-order valence-electron chi connectivity index (χ2n) is 10.1. The molecule has 0 unspecified atom stereocenters. The molecule has 1 heterocycles. The number of amides is 1. The van der Waals surface area contributed by atoms with E-state index in [4.69, 9.17) is 11.6 Å². The summed E-state index contributed by atoms with van der Waals surface area (Å²) in [4.78, 5) is 19.9. The van der Waals surface area contributed by atoms with Crippen LogP contribution in [0.3, 0.4) is 0 Å². The second-order valence-corrected chi connectivity index (χ2v) is 12.3. The Balaban J connectivity index is 1.44. The molecule has 10 heteroatoms. The molecule has 4 aromatic rings. The van der Waals surface area contributed by atoms with Crippen LogP contribution in [0, 0.1) is 5.82 Å². The highest BCUT2D eigenvalue weighted by atomic mass is 35.5. The maximum atomic E-state index is 13.8. The van der Waals surface area contributed by atoms with Gasteiger partial charge in [0.2, 0.25) is 15.9 Å². The van der Waals surface area contributed by atoms with Crippen molar-refractivity contribution in [3.63, 3.8) is 0 Å². The molecule has 0 saturated heterocycles. The number of halogens is 2. The Hall–Kier alpha value is -3.53. The molecule has 1 N–H and O–H groups in total. The number of benzene rings is 3. The monoisotopic (exact) mass is 580 g/mol. The third kappa shape index (κ3) is 6.11. The fourth-order valence-electron chi connectivity index (χ4n) is 5.09. The summed E-state index contributed by atoms with van der Waals surface area (Å²) in [6.45, 7) is 2.13. The van der Waals surface area contributed by atoms with Crippen LogP contribution in [0.2, 0.25) is 5.02 Å². The van der Waals surface area contributed by atoms with E-state index in [0.29, 0.717) is 29.4 Å². The first-order chi connectivity index (χ1) is 19.1. The quantitative estimate of drug-likeness (QED) is 0.267. The van der Waals surface area contributed by atoms with Crippen LogP contribution in [0.4, 0.5) is 10.1 Å². The first-order valence-electron chi connectivity index (χ1n) is 13.0. The van der Waals surface area contributed by atoms with Crippen LogP contribution < -0.4 is 9.62 Å². The Morgan fingerprint density at radius 1 is 1.18 bits per heavy atom. The molecule has 3 aromatic carbocycles. The van der Waals surface area contributed by atoms with E-state index in [1.165, 1.54) is 24.3 Å².